The predicted molar refractivity (Wildman–Crippen MR) is 68.3 cm³/mol. The fraction of sp³-hybridized carbons (Fsp3) is 0.933. The Morgan fingerprint density at radius 1 is 1.24 bits per heavy atom. The highest BCUT2D eigenvalue weighted by Crippen LogP contribution is 2.54. The van der Waals surface area contributed by atoms with Gasteiger partial charge in [0.25, 0.3) is 0 Å². The van der Waals surface area contributed by atoms with Gasteiger partial charge in [0.05, 0.1) is 17.1 Å². The van der Waals surface area contributed by atoms with Crippen molar-refractivity contribution in [2.24, 2.45) is 17.3 Å². The summed E-state index contributed by atoms with van der Waals surface area (Å²) in [5.74, 6) is 1.35. The van der Waals surface area contributed by atoms with E-state index in [-0.39, 0.29) is 0 Å². The molecule has 0 spiro atoms. The third-order valence-electron chi connectivity index (χ3n) is 5.40. The zero-order chi connectivity index (χ0) is 12.5. The van der Waals surface area contributed by atoms with Gasteiger partial charge in [-0.1, -0.05) is 20.3 Å². The topological polar surface area (TPSA) is 44.0 Å². The Balaban J connectivity index is 2.16. The van der Waals surface area contributed by atoms with Gasteiger partial charge in [-0.15, -0.1) is 0 Å². The van der Waals surface area contributed by atoms with Gasteiger partial charge < -0.3 is 5.11 Å². The molecule has 0 aromatic carbocycles. The molecule has 2 rings (SSSR count). The normalized spacial score (nSPS) is 46.7. The lowest BCUT2D eigenvalue weighted by Crippen LogP contribution is -2.47. The summed E-state index contributed by atoms with van der Waals surface area (Å²) in [6.45, 7) is 4.45. The molecule has 0 heterocycles. The molecule has 2 atom stereocenters. The fourth-order valence-electron chi connectivity index (χ4n) is 3.84. The molecule has 2 unspecified atom stereocenters. The van der Waals surface area contributed by atoms with E-state index in [9.17, 15) is 10.4 Å². The second kappa shape index (κ2) is 4.61. The highest BCUT2D eigenvalue weighted by molar-refractivity contribution is 5.15. The zero-order valence-electron chi connectivity index (χ0n) is 11.2. The first kappa shape index (κ1) is 12.9. The number of hydrogen-bond donors (Lipinski definition) is 1. The molecule has 0 aromatic heterocycles. The van der Waals surface area contributed by atoms with Crippen LogP contribution in [-0.4, -0.2) is 10.7 Å². The monoisotopic (exact) mass is 235 g/mol. The molecule has 0 amide bonds. The van der Waals surface area contributed by atoms with Crippen LogP contribution in [0.25, 0.3) is 0 Å². The van der Waals surface area contributed by atoms with Gasteiger partial charge in [0.2, 0.25) is 0 Å². The Bertz CT molecular complexity index is 311. The molecule has 0 aliphatic heterocycles. The summed E-state index contributed by atoms with van der Waals surface area (Å²) >= 11 is 0. The Kier molecular flexibility index (Phi) is 3.50. The smallest absolute Gasteiger partial charge is 0.0860 e. The van der Waals surface area contributed by atoms with Crippen LogP contribution in [0.15, 0.2) is 0 Å². The quantitative estimate of drug-likeness (QED) is 0.794. The predicted octanol–water partition coefficient (Wildman–Crippen LogP) is 3.65. The summed E-state index contributed by atoms with van der Waals surface area (Å²) in [7, 11) is 0. The minimum Gasteiger partial charge on any atom is -0.388 e. The van der Waals surface area contributed by atoms with Crippen molar-refractivity contribution in [3.8, 4) is 6.07 Å². The summed E-state index contributed by atoms with van der Waals surface area (Å²) < 4.78 is 0. The molecule has 2 heteroatoms. The van der Waals surface area contributed by atoms with E-state index < -0.39 is 11.0 Å². The first-order valence-electron chi connectivity index (χ1n) is 7.19. The van der Waals surface area contributed by atoms with Crippen molar-refractivity contribution in [3.63, 3.8) is 0 Å². The Labute approximate surface area is 105 Å². The van der Waals surface area contributed by atoms with Crippen molar-refractivity contribution >= 4 is 0 Å². The van der Waals surface area contributed by atoms with Crippen molar-refractivity contribution in [3.05, 3.63) is 0 Å². The molecule has 0 radical (unpaired) electrons. The molecule has 2 saturated carbocycles. The third kappa shape index (κ3) is 2.10. The summed E-state index contributed by atoms with van der Waals surface area (Å²) in [5, 5.41) is 20.5. The highest BCUT2D eigenvalue weighted by atomic mass is 16.3. The number of aliphatic hydroxyl groups is 1. The van der Waals surface area contributed by atoms with Crippen molar-refractivity contribution in [2.45, 2.75) is 70.8 Å². The minimum atomic E-state index is -0.692. The molecule has 2 nitrogen and oxygen atoms in total. The van der Waals surface area contributed by atoms with Crippen LogP contribution in [0.3, 0.4) is 0 Å². The van der Waals surface area contributed by atoms with Gasteiger partial charge in [-0.05, 0) is 56.8 Å². The van der Waals surface area contributed by atoms with Gasteiger partial charge in [0.1, 0.15) is 0 Å². The van der Waals surface area contributed by atoms with Crippen LogP contribution >= 0.6 is 0 Å². The maximum absolute atomic E-state index is 10.9. The summed E-state index contributed by atoms with van der Waals surface area (Å²) in [4.78, 5) is 0. The molecule has 96 valence electrons. The van der Waals surface area contributed by atoms with Crippen LogP contribution < -0.4 is 0 Å². The standard InChI is InChI=1S/C15H25NO/c1-3-13-6-9-15(17,10-13)14(11-16)7-4-12(2)5-8-14/h12-13,17H,3-10H2,1-2H3. The number of nitriles is 1. The number of nitrogens with zero attached hydrogens (tertiary/aromatic N) is 1. The van der Waals surface area contributed by atoms with Crippen LogP contribution in [0.4, 0.5) is 0 Å². The van der Waals surface area contributed by atoms with Crippen molar-refractivity contribution in [2.75, 3.05) is 0 Å². The minimum absolute atomic E-state index is 0.441. The van der Waals surface area contributed by atoms with Crippen molar-refractivity contribution in [1.29, 1.82) is 5.26 Å². The largest absolute Gasteiger partial charge is 0.388 e. The highest BCUT2D eigenvalue weighted by Gasteiger charge is 2.54. The lowest BCUT2D eigenvalue weighted by Gasteiger charge is -2.44. The first-order chi connectivity index (χ1) is 8.05. The zero-order valence-corrected chi connectivity index (χ0v) is 11.2. The summed E-state index contributed by atoms with van der Waals surface area (Å²) in [6.07, 6.45) is 7.94. The second-order valence-corrected chi connectivity index (χ2v) is 6.43. The van der Waals surface area contributed by atoms with E-state index in [0.29, 0.717) is 5.92 Å². The van der Waals surface area contributed by atoms with Crippen molar-refractivity contribution in [1.82, 2.24) is 0 Å². The number of hydrogen-bond acceptors (Lipinski definition) is 2. The molecule has 2 aliphatic carbocycles. The fourth-order valence-corrected chi connectivity index (χ4v) is 3.84. The Morgan fingerprint density at radius 3 is 2.35 bits per heavy atom. The second-order valence-electron chi connectivity index (χ2n) is 6.43. The average Bonchev–Trinajstić information content (AvgIpc) is 2.74. The number of rotatable bonds is 2. The molecule has 1 N–H and O–H groups in total. The molecule has 2 fully saturated rings. The average molecular weight is 235 g/mol. The van der Waals surface area contributed by atoms with E-state index >= 15 is 0 Å². The van der Waals surface area contributed by atoms with Crippen LogP contribution in [0.5, 0.6) is 0 Å². The van der Waals surface area contributed by atoms with E-state index in [4.69, 9.17) is 0 Å². The SMILES string of the molecule is CCC1CCC(O)(C2(C#N)CCC(C)CC2)C1. The maximum atomic E-state index is 10.9. The molecular weight excluding hydrogens is 210 g/mol. The van der Waals surface area contributed by atoms with E-state index in [1.165, 1.54) is 0 Å². The van der Waals surface area contributed by atoms with E-state index in [1.54, 1.807) is 0 Å². The summed E-state index contributed by atoms with van der Waals surface area (Å²) in [6, 6.07) is 2.52. The van der Waals surface area contributed by atoms with Gasteiger partial charge in [-0.2, -0.15) is 5.26 Å². The van der Waals surface area contributed by atoms with E-state index in [1.807, 2.05) is 0 Å². The third-order valence-corrected chi connectivity index (χ3v) is 5.40. The molecule has 17 heavy (non-hydrogen) atoms. The molecular formula is C15H25NO. The van der Waals surface area contributed by atoms with Gasteiger partial charge >= 0.3 is 0 Å². The van der Waals surface area contributed by atoms with Crippen LogP contribution in [-0.2, 0) is 0 Å². The van der Waals surface area contributed by atoms with E-state index in [2.05, 4.69) is 19.9 Å². The van der Waals surface area contributed by atoms with Crippen molar-refractivity contribution < 1.29 is 5.11 Å². The van der Waals surface area contributed by atoms with Gasteiger partial charge in [0.15, 0.2) is 0 Å². The van der Waals surface area contributed by atoms with Gasteiger partial charge in [-0.3, -0.25) is 0 Å². The van der Waals surface area contributed by atoms with Crippen LogP contribution in [0.1, 0.15) is 65.2 Å². The molecule has 0 saturated heterocycles. The lowest BCUT2D eigenvalue weighted by atomic mass is 9.61. The molecule has 0 bridgehead atoms. The molecule has 2 aliphatic rings. The Hall–Kier alpha value is -0.550. The van der Waals surface area contributed by atoms with Crippen LogP contribution in [0, 0.1) is 28.6 Å². The lowest BCUT2D eigenvalue weighted by molar-refractivity contribution is -0.0745. The van der Waals surface area contributed by atoms with Gasteiger partial charge in [-0.25, -0.2) is 0 Å². The molecule has 0 aromatic rings. The summed E-state index contributed by atoms with van der Waals surface area (Å²) in [5.41, 5.74) is -1.13. The Morgan fingerprint density at radius 2 is 1.88 bits per heavy atom. The van der Waals surface area contributed by atoms with Gasteiger partial charge in [0, 0.05) is 0 Å². The van der Waals surface area contributed by atoms with E-state index in [0.717, 1.165) is 57.3 Å². The maximum Gasteiger partial charge on any atom is 0.0860 e. The first-order valence-corrected chi connectivity index (χ1v) is 7.19. The van der Waals surface area contributed by atoms with Crippen LogP contribution in [0.2, 0.25) is 0 Å².